The summed E-state index contributed by atoms with van der Waals surface area (Å²) in [6.45, 7) is 4.41. The topological polar surface area (TPSA) is 128 Å². The number of nitrogens with one attached hydrogen (secondary N) is 2. The number of pyridine rings is 2. The highest BCUT2D eigenvalue weighted by Gasteiger charge is 2.44. The third kappa shape index (κ3) is 11.3. The Labute approximate surface area is 419 Å². The van der Waals surface area contributed by atoms with Crippen LogP contribution in [0.3, 0.4) is 0 Å². The van der Waals surface area contributed by atoms with Gasteiger partial charge in [0.25, 0.3) is 23.4 Å². The molecule has 0 aliphatic rings. The van der Waals surface area contributed by atoms with E-state index in [-0.39, 0.29) is 61.3 Å². The molecule has 0 saturated carbocycles. The van der Waals surface area contributed by atoms with Crippen molar-refractivity contribution in [3.05, 3.63) is 185 Å². The summed E-state index contributed by atoms with van der Waals surface area (Å²) in [5.41, 5.74) is -0.904. The lowest BCUT2D eigenvalue weighted by Gasteiger charge is -2.15. The van der Waals surface area contributed by atoms with E-state index in [1.54, 1.807) is 26.8 Å². The molecule has 0 bridgehead atoms. The summed E-state index contributed by atoms with van der Waals surface area (Å²) in [5, 5.41) is 5.71. The Morgan fingerprint density at radius 3 is 1.30 bits per heavy atom. The van der Waals surface area contributed by atoms with E-state index >= 15 is 0 Å². The van der Waals surface area contributed by atoms with Crippen molar-refractivity contribution in [2.24, 2.45) is 0 Å². The molecule has 360 valence electrons. The Balaban J connectivity index is 0.000000206. The summed E-state index contributed by atoms with van der Waals surface area (Å²) in [6.07, 6.45) is -7.10. The number of anilines is 2. The molecule has 21 heteroatoms. The number of carbonyl (C=O) groups excluding carboxylic acids is 4. The number of hydrogen-bond acceptors (Lipinski definition) is 6. The molecule has 0 aliphatic heterocycles. The van der Waals surface area contributed by atoms with Crippen LogP contribution in [-0.2, 0) is 35.0 Å². The molecule has 4 heterocycles. The number of fused-ring (bicyclic) bond motifs is 2. The average molecular weight is 1060 g/mol. The molecule has 2 amide bonds. The first-order valence-electron chi connectivity index (χ1n) is 20.4. The Morgan fingerprint density at radius 2 is 0.900 bits per heavy atom. The molecule has 0 unspecified atom stereocenters. The maximum absolute atomic E-state index is 14.5. The number of rotatable bonds is 10. The number of aromatic nitrogens is 4. The largest absolute Gasteiger partial charge is 0.432 e. The fourth-order valence-corrected chi connectivity index (χ4v) is 8.77. The van der Waals surface area contributed by atoms with Crippen molar-refractivity contribution in [1.82, 2.24) is 19.1 Å². The molecular weight excluding hydrogens is 1030 g/mol. The van der Waals surface area contributed by atoms with E-state index in [4.69, 9.17) is 58.0 Å². The molecule has 0 radical (unpaired) electrons. The number of halogens is 11. The quantitative estimate of drug-likeness (QED) is 0.0798. The lowest BCUT2D eigenvalue weighted by atomic mass is 10.0. The first kappa shape index (κ1) is 51.4. The fourth-order valence-electron chi connectivity index (χ4n) is 7.66. The zero-order valence-corrected chi connectivity index (χ0v) is 40.2. The van der Waals surface area contributed by atoms with Crippen LogP contribution in [0.4, 0.5) is 37.7 Å². The van der Waals surface area contributed by atoms with Crippen LogP contribution in [0, 0.1) is 20.8 Å². The van der Waals surface area contributed by atoms with Crippen LogP contribution in [-0.4, -0.2) is 42.5 Å². The summed E-state index contributed by atoms with van der Waals surface area (Å²) in [4.78, 5) is 59.9. The summed E-state index contributed by atoms with van der Waals surface area (Å²) in [6, 6.07) is 23.3. The van der Waals surface area contributed by atoms with Crippen LogP contribution < -0.4 is 10.6 Å². The lowest BCUT2D eigenvalue weighted by molar-refractivity contribution is -0.144. The summed E-state index contributed by atoms with van der Waals surface area (Å²) >= 11 is 30.3. The van der Waals surface area contributed by atoms with Gasteiger partial charge < -0.3 is 19.8 Å². The minimum absolute atomic E-state index is 0.0217. The standard InChI is InChI=1S/C25H18Cl2F3N3O2.C24H15Cl3F3N3O2/c1-13-3-6-20-18(9-13)21(22(34)24(35)32-17-7-8-31-14(2)10-17)23(25(28,29)30)33(20)12-15-4-5-16(26)11-19(15)27;1-12-8-16(6-7-31-12)32-23(35)21(34)20-17-9-14(25)4-5-19(17)33(22(20)24(28,29)30)11-13-2-3-15(26)10-18(13)27/h3-11H,12H2,1-2H3,(H,31,32,35);2-10H,11H2,1H3,(H,31,32,35). The number of hydrogen-bond donors (Lipinski definition) is 2. The molecule has 0 saturated heterocycles. The van der Waals surface area contributed by atoms with Crippen LogP contribution in [0.5, 0.6) is 0 Å². The van der Waals surface area contributed by atoms with Crippen molar-refractivity contribution >= 4 is 115 Å². The molecule has 8 aromatic rings. The zero-order valence-electron chi connectivity index (χ0n) is 36.4. The molecule has 0 spiro atoms. The van der Waals surface area contributed by atoms with E-state index in [1.165, 1.54) is 103 Å². The van der Waals surface area contributed by atoms with Gasteiger partial charge in [0.15, 0.2) is 0 Å². The van der Waals surface area contributed by atoms with Crippen molar-refractivity contribution in [2.75, 3.05) is 10.6 Å². The number of alkyl halides is 6. The number of Topliss-reactive ketones (excluding diaryl/α,β-unsaturated/α-hetero) is 2. The van der Waals surface area contributed by atoms with Crippen molar-refractivity contribution in [3.63, 3.8) is 0 Å². The monoisotopic (exact) mass is 1060 g/mol. The van der Waals surface area contributed by atoms with E-state index < -0.39 is 58.2 Å². The second kappa shape index (κ2) is 20.5. The first-order valence-corrected chi connectivity index (χ1v) is 22.3. The Kier molecular flexibility index (Phi) is 15.1. The predicted molar refractivity (Wildman–Crippen MR) is 259 cm³/mol. The van der Waals surface area contributed by atoms with Crippen molar-refractivity contribution in [3.8, 4) is 0 Å². The van der Waals surface area contributed by atoms with E-state index in [9.17, 15) is 45.5 Å². The molecule has 70 heavy (non-hydrogen) atoms. The van der Waals surface area contributed by atoms with E-state index in [1.807, 2.05) is 0 Å². The maximum atomic E-state index is 14.5. The smallest absolute Gasteiger partial charge is 0.332 e. The number of aryl methyl sites for hydroxylation is 3. The molecule has 2 N–H and O–H groups in total. The molecule has 0 atom stereocenters. The molecule has 8 rings (SSSR count). The van der Waals surface area contributed by atoms with Crippen LogP contribution in [0.1, 0.15) is 60.2 Å². The Hall–Kier alpha value is -6.43. The van der Waals surface area contributed by atoms with Gasteiger partial charge in [-0.15, -0.1) is 0 Å². The number of ketones is 2. The van der Waals surface area contributed by atoms with Crippen LogP contribution in [0.15, 0.2) is 109 Å². The number of benzene rings is 4. The highest BCUT2D eigenvalue weighted by atomic mass is 35.5. The van der Waals surface area contributed by atoms with Crippen LogP contribution >= 0.6 is 58.0 Å². The minimum atomic E-state index is -4.98. The third-order valence-corrected chi connectivity index (χ3v) is 12.1. The molecular formula is C49H33Cl5F6N6O4. The zero-order chi connectivity index (χ0) is 51.0. The van der Waals surface area contributed by atoms with Gasteiger partial charge in [-0.3, -0.25) is 29.1 Å². The Bertz CT molecular complexity index is 3180. The molecule has 0 aliphatic carbocycles. The summed E-state index contributed by atoms with van der Waals surface area (Å²) in [7, 11) is 0. The third-order valence-electron chi connectivity index (χ3n) is 10.6. The highest BCUT2D eigenvalue weighted by Crippen LogP contribution is 2.42. The van der Waals surface area contributed by atoms with Crippen LogP contribution in [0.25, 0.3) is 21.8 Å². The van der Waals surface area contributed by atoms with E-state index in [0.717, 1.165) is 9.13 Å². The van der Waals surface area contributed by atoms with E-state index in [2.05, 4.69) is 20.6 Å². The number of amides is 2. The van der Waals surface area contributed by atoms with Crippen molar-refractivity contribution < 1.29 is 45.5 Å². The average Bonchev–Trinajstić information content (AvgIpc) is 3.77. The van der Waals surface area contributed by atoms with Gasteiger partial charge in [-0.1, -0.05) is 81.8 Å². The normalized spacial score (nSPS) is 11.6. The maximum Gasteiger partial charge on any atom is 0.432 e. The molecule has 0 fully saturated rings. The van der Waals surface area contributed by atoms with Gasteiger partial charge in [0, 0.05) is 95.2 Å². The molecule has 4 aromatic heterocycles. The summed E-state index contributed by atoms with van der Waals surface area (Å²) in [5.74, 6) is -5.08. The lowest BCUT2D eigenvalue weighted by Crippen LogP contribution is -2.26. The van der Waals surface area contributed by atoms with Gasteiger partial charge in [-0.05, 0) is 111 Å². The van der Waals surface area contributed by atoms with Crippen LogP contribution in [0.2, 0.25) is 25.1 Å². The molecule has 10 nitrogen and oxygen atoms in total. The van der Waals surface area contributed by atoms with Crippen molar-refractivity contribution in [1.29, 1.82) is 0 Å². The summed E-state index contributed by atoms with van der Waals surface area (Å²) < 4.78 is 88.5. The second-order valence-electron chi connectivity index (χ2n) is 15.7. The van der Waals surface area contributed by atoms with Gasteiger partial charge in [-0.2, -0.15) is 26.3 Å². The SMILES string of the molecule is Cc1cc(NC(=O)C(=O)c2c(C(F)(F)F)n(Cc3ccc(Cl)cc3Cl)c3ccc(Cl)cc23)ccn1.Cc1ccc2c(c1)c(C(=O)C(=O)Nc1ccnc(C)c1)c(C(F)(F)F)n2Cc1ccc(Cl)cc1Cl. The van der Waals surface area contributed by atoms with Gasteiger partial charge in [-0.25, -0.2) is 0 Å². The number of nitrogens with zero attached hydrogens (tertiary/aromatic N) is 4. The first-order chi connectivity index (χ1) is 32.9. The fraction of sp³-hybridized carbons (Fsp3) is 0.143. The van der Waals surface area contributed by atoms with Gasteiger partial charge in [0.05, 0.1) is 11.1 Å². The molecule has 4 aromatic carbocycles. The van der Waals surface area contributed by atoms with Gasteiger partial charge in [0.2, 0.25) is 0 Å². The van der Waals surface area contributed by atoms with Gasteiger partial charge >= 0.3 is 12.4 Å². The minimum Gasteiger partial charge on any atom is -0.332 e. The van der Waals surface area contributed by atoms with Gasteiger partial charge in [0.1, 0.15) is 11.4 Å². The predicted octanol–water partition coefficient (Wildman–Crippen LogP) is 14.0. The number of carbonyl (C=O) groups is 4. The second-order valence-corrected chi connectivity index (χ2v) is 17.8. The van der Waals surface area contributed by atoms with E-state index in [0.29, 0.717) is 38.1 Å². The highest BCUT2D eigenvalue weighted by molar-refractivity contribution is 6.49. The Morgan fingerprint density at radius 1 is 0.514 bits per heavy atom. The van der Waals surface area contributed by atoms with Crippen molar-refractivity contribution in [2.45, 2.75) is 46.2 Å².